The summed E-state index contributed by atoms with van der Waals surface area (Å²) in [6.07, 6.45) is 7.97. The third-order valence-electron chi connectivity index (χ3n) is 5.01. The molecule has 1 fully saturated rings. The van der Waals surface area contributed by atoms with Crippen molar-refractivity contribution in [1.29, 1.82) is 0 Å². The van der Waals surface area contributed by atoms with Crippen molar-refractivity contribution in [2.45, 2.75) is 45.1 Å². The molecule has 0 N–H and O–H groups in total. The maximum atomic E-state index is 13.3. The Labute approximate surface area is 161 Å². The van der Waals surface area contributed by atoms with Crippen molar-refractivity contribution in [3.05, 3.63) is 76.3 Å². The lowest BCUT2D eigenvalue weighted by atomic mass is 9.93. The molecule has 0 unspecified atom stereocenters. The maximum Gasteiger partial charge on any atom is 0.255 e. The minimum Gasteiger partial charge on any atom is -0.332 e. The van der Waals surface area contributed by atoms with Gasteiger partial charge in [0.05, 0.1) is 10.6 Å². The molecule has 2 nitrogen and oxygen atoms in total. The Morgan fingerprint density at radius 2 is 1.69 bits per heavy atom. The van der Waals surface area contributed by atoms with Crippen LogP contribution in [0.3, 0.4) is 0 Å². The predicted octanol–water partition coefficient (Wildman–Crippen LogP) is 6.22. The molecular weight excluding hydrogens is 342 g/mol. The van der Waals surface area contributed by atoms with Crippen LogP contribution in [0.5, 0.6) is 0 Å². The molecule has 0 heterocycles. The normalized spacial score (nSPS) is 15.7. The molecule has 2 aromatic rings. The quantitative estimate of drug-likeness (QED) is 0.614. The van der Waals surface area contributed by atoms with Gasteiger partial charge in [-0.25, -0.2) is 0 Å². The van der Waals surface area contributed by atoms with E-state index >= 15 is 0 Å². The molecule has 0 saturated heterocycles. The van der Waals surface area contributed by atoms with Gasteiger partial charge >= 0.3 is 0 Å². The highest BCUT2D eigenvalue weighted by atomic mass is 35.5. The lowest BCUT2D eigenvalue weighted by molar-refractivity contribution is 0.0657. The summed E-state index contributed by atoms with van der Waals surface area (Å²) in [6, 6.07) is 17.9. The van der Waals surface area contributed by atoms with Gasteiger partial charge < -0.3 is 4.90 Å². The second kappa shape index (κ2) is 9.05. The third kappa shape index (κ3) is 4.76. The average molecular weight is 368 g/mol. The molecule has 0 radical (unpaired) electrons. The summed E-state index contributed by atoms with van der Waals surface area (Å²) in [7, 11) is 0. The topological polar surface area (TPSA) is 20.3 Å². The lowest BCUT2D eigenvalue weighted by Crippen LogP contribution is -2.42. The Balaban J connectivity index is 1.84. The highest BCUT2D eigenvalue weighted by Crippen LogP contribution is 2.27. The van der Waals surface area contributed by atoms with Gasteiger partial charge in [-0.1, -0.05) is 85.0 Å². The molecule has 26 heavy (non-hydrogen) atoms. The van der Waals surface area contributed by atoms with E-state index in [-0.39, 0.29) is 5.91 Å². The van der Waals surface area contributed by atoms with Gasteiger partial charge in [0.15, 0.2) is 0 Å². The molecule has 3 heteroatoms. The van der Waals surface area contributed by atoms with Crippen molar-refractivity contribution in [3.63, 3.8) is 0 Å². The SMILES string of the molecule is CC(=Cc1ccccc1)CN(C(=O)c1ccccc1Cl)C1CCCCC1. The number of hydrogen-bond donors (Lipinski definition) is 0. The summed E-state index contributed by atoms with van der Waals surface area (Å²) in [5.41, 5.74) is 2.95. The number of benzene rings is 2. The first-order valence-electron chi connectivity index (χ1n) is 9.43. The first-order chi connectivity index (χ1) is 12.6. The number of amides is 1. The predicted molar refractivity (Wildman–Crippen MR) is 109 cm³/mol. The van der Waals surface area contributed by atoms with Gasteiger partial charge in [0.2, 0.25) is 0 Å². The monoisotopic (exact) mass is 367 g/mol. The van der Waals surface area contributed by atoms with Crippen LogP contribution in [0, 0.1) is 0 Å². The molecular formula is C23H26ClNO. The Morgan fingerprint density at radius 3 is 2.38 bits per heavy atom. The van der Waals surface area contributed by atoms with E-state index in [1.54, 1.807) is 6.07 Å². The third-order valence-corrected chi connectivity index (χ3v) is 5.34. The summed E-state index contributed by atoms with van der Waals surface area (Å²) in [5, 5.41) is 0.531. The molecule has 3 rings (SSSR count). The summed E-state index contributed by atoms with van der Waals surface area (Å²) in [5.74, 6) is 0.0447. The molecule has 1 aliphatic carbocycles. The van der Waals surface area contributed by atoms with E-state index in [0.717, 1.165) is 12.8 Å². The van der Waals surface area contributed by atoms with E-state index < -0.39 is 0 Å². The minimum absolute atomic E-state index is 0.0447. The highest BCUT2D eigenvalue weighted by molar-refractivity contribution is 6.33. The lowest BCUT2D eigenvalue weighted by Gasteiger charge is -2.35. The van der Waals surface area contributed by atoms with Gasteiger partial charge in [-0.15, -0.1) is 0 Å². The van der Waals surface area contributed by atoms with Gasteiger partial charge in [0, 0.05) is 12.6 Å². The second-order valence-electron chi connectivity index (χ2n) is 7.11. The Bertz CT molecular complexity index is 763. The number of rotatable bonds is 5. The van der Waals surface area contributed by atoms with Gasteiger partial charge in [0.1, 0.15) is 0 Å². The van der Waals surface area contributed by atoms with Gasteiger partial charge in [-0.2, -0.15) is 0 Å². The van der Waals surface area contributed by atoms with Gasteiger partial charge in [0.25, 0.3) is 5.91 Å². The van der Waals surface area contributed by atoms with Crippen molar-refractivity contribution in [3.8, 4) is 0 Å². The zero-order valence-corrected chi connectivity index (χ0v) is 16.1. The second-order valence-corrected chi connectivity index (χ2v) is 7.51. The van der Waals surface area contributed by atoms with Crippen LogP contribution >= 0.6 is 11.6 Å². The van der Waals surface area contributed by atoms with E-state index in [4.69, 9.17) is 11.6 Å². The van der Waals surface area contributed by atoms with Crippen LogP contribution < -0.4 is 0 Å². The fraction of sp³-hybridized carbons (Fsp3) is 0.348. The molecule has 0 aliphatic heterocycles. The number of carbonyl (C=O) groups excluding carboxylic acids is 1. The molecule has 0 spiro atoms. The van der Waals surface area contributed by atoms with Crippen LogP contribution in [-0.2, 0) is 0 Å². The summed E-state index contributed by atoms with van der Waals surface area (Å²) < 4.78 is 0. The van der Waals surface area contributed by atoms with Crippen molar-refractivity contribution >= 4 is 23.6 Å². The molecule has 0 aromatic heterocycles. The number of nitrogens with zero attached hydrogens (tertiary/aromatic N) is 1. The van der Waals surface area contributed by atoms with Crippen molar-refractivity contribution in [2.24, 2.45) is 0 Å². The molecule has 0 atom stereocenters. The minimum atomic E-state index is 0.0447. The zero-order chi connectivity index (χ0) is 18.4. The molecule has 0 bridgehead atoms. The van der Waals surface area contributed by atoms with Crippen LogP contribution in [0.25, 0.3) is 6.08 Å². The van der Waals surface area contributed by atoms with E-state index in [1.165, 1.54) is 30.4 Å². The Hall–Kier alpha value is -2.06. The van der Waals surface area contributed by atoms with E-state index in [2.05, 4.69) is 25.1 Å². The molecule has 1 saturated carbocycles. The fourth-order valence-electron chi connectivity index (χ4n) is 3.70. The van der Waals surface area contributed by atoms with Gasteiger partial charge in [-0.3, -0.25) is 4.79 Å². The van der Waals surface area contributed by atoms with E-state index in [0.29, 0.717) is 23.2 Å². The Kier molecular flexibility index (Phi) is 6.51. The number of carbonyl (C=O) groups is 1. The number of hydrogen-bond acceptors (Lipinski definition) is 1. The van der Waals surface area contributed by atoms with Crippen molar-refractivity contribution in [1.82, 2.24) is 4.90 Å². The molecule has 1 aliphatic rings. The van der Waals surface area contributed by atoms with Crippen LogP contribution in [0.2, 0.25) is 5.02 Å². The largest absolute Gasteiger partial charge is 0.332 e. The number of halogens is 1. The fourth-order valence-corrected chi connectivity index (χ4v) is 3.91. The first kappa shape index (κ1) is 18.7. The molecule has 136 valence electrons. The standard InChI is InChI=1S/C23H26ClNO/c1-18(16-19-10-4-2-5-11-19)17-25(20-12-6-3-7-13-20)23(26)21-14-8-9-15-22(21)24/h2,4-5,8-11,14-16,20H,3,6-7,12-13,17H2,1H3. The summed E-state index contributed by atoms with van der Waals surface area (Å²) >= 11 is 6.31. The molecule has 2 aromatic carbocycles. The highest BCUT2D eigenvalue weighted by Gasteiger charge is 2.27. The molecule has 1 amide bonds. The zero-order valence-electron chi connectivity index (χ0n) is 15.3. The van der Waals surface area contributed by atoms with Crippen molar-refractivity contribution in [2.75, 3.05) is 6.54 Å². The van der Waals surface area contributed by atoms with Gasteiger partial charge in [-0.05, 0) is 37.5 Å². The summed E-state index contributed by atoms with van der Waals surface area (Å²) in [4.78, 5) is 15.3. The first-order valence-corrected chi connectivity index (χ1v) is 9.80. The smallest absolute Gasteiger partial charge is 0.255 e. The van der Waals surface area contributed by atoms with Crippen molar-refractivity contribution < 1.29 is 4.79 Å². The average Bonchev–Trinajstić information content (AvgIpc) is 2.67. The van der Waals surface area contributed by atoms with E-state index in [1.807, 2.05) is 41.3 Å². The maximum absolute atomic E-state index is 13.3. The van der Waals surface area contributed by atoms with Crippen LogP contribution in [0.4, 0.5) is 0 Å². The van der Waals surface area contributed by atoms with Crippen LogP contribution in [0.1, 0.15) is 54.9 Å². The van der Waals surface area contributed by atoms with E-state index in [9.17, 15) is 4.79 Å². The Morgan fingerprint density at radius 1 is 1.04 bits per heavy atom. The van der Waals surface area contributed by atoms with Crippen LogP contribution in [-0.4, -0.2) is 23.4 Å². The summed E-state index contributed by atoms with van der Waals surface area (Å²) in [6.45, 7) is 2.74. The van der Waals surface area contributed by atoms with Crippen LogP contribution in [0.15, 0.2) is 60.2 Å².